The molecule has 1 aromatic heterocycles. The largest absolute Gasteiger partial charge is 0.343 e. The Morgan fingerprint density at radius 1 is 1.75 bits per heavy atom. The third-order valence-electron chi connectivity index (χ3n) is 2.15. The average molecular weight is 204 g/mol. The molecule has 66 valence electrons. The van der Waals surface area contributed by atoms with Crippen molar-refractivity contribution >= 4 is 28.3 Å². The first-order chi connectivity index (χ1) is 5.92. The van der Waals surface area contributed by atoms with E-state index >= 15 is 0 Å². The van der Waals surface area contributed by atoms with E-state index in [1.165, 1.54) is 24.4 Å². The molecule has 1 aliphatic heterocycles. The molecule has 0 N–H and O–H groups in total. The first-order valence-electron chi connectivity index (χ1n) is 4.01. The highest BCUT2D eigenvalue weighted by Gasteiger charge is 2.25. The van der Waals surface area contributed by atoms with Crippen molar-refractivity contribution < 1.29 is 0 Å². The molecule has 0 bridgehead atoms. The van der Waals surface area contributed by atoms with Gasteiger partial charge in [0.05, 0.1) is 0 Å². The van der Waals surface area contributed by atoms with Crippen LogP contribution in [0.4, 0.5) is 5.13 Å². The maximum atomic E-state index is 5.83. The topological polar surface area (TPSA) is 29.0 Å². The number of hydrogen-bond donors (Lipinski definition) is 0. The van der Waals surface area contributed by atoms with Crippen LogP contribution in [-0.4, -0.2) is 27.8 Å². The molecule has 1 saturated heterocycles. The molecule has 2 rings (SSSR count). The number of halogens is 1. The smallest absolute Gasteiger partial charge is 0.205 e. The van der Waals surface area contributed by atoms with Gasteiger partial charge in [0.2, 0.25) is 5.13 Å². The van der Waals surface area contributed by atoms with E-state index in [-0.39, 0.29) is 0 Å². The monoisotopic (exact) mass is 203 g/mol. The lowest BCUT2D eigenvalue weighted by Crippen LogP contribution is -2.30. The molecular formula is C7H10ClN3S. The van der Waals surface area contributed by atoms with Crippen molar-refractivity contribution in [2.45, 2.75) is 18.9 Å². The van der Waals surface area contributed by atoms with Crippen LogP contribution in [0.3, 0.4) is 0 Å². The van der Waals surface area contributed by atoms with Crippen LogP contribution < -0.4 is 4.90 Å². The van der Waals surface area contributed by atoms with Crippen LogP contribution in [0.1, 0.15) is 12.8 Å². The van der Waals surface area contributed by atoms with E-state index in [0.29, 0.717) is 11.9 Å². The summed E-state index contributed by atoms with van der Waals surface area (Å²) >= 11 is 7.28. The van der Waals surface area contributed by atoms with Gasteiger partial charge in [-0.3, -0.25) is 0 Å². The lowest BCUT2D eigenvalue weighted by Gasteiger charge is -2.20. The maximum Gasteiger partial charge on any atom is 0.205 e. The van der Waals surface area contributed by atoms with E-state index < -0.39 is 0 Å². The maximum absolute atomic E-state index is 5.83. The van der Waals surface area contributed by atoms with Crippen molar-refractivity contribution in [2.24, 2.45) is 0 Å². The molecule has 5 heteroatoms. The summed E-state index contributed by atoms with van der Waals surface area (Å²) in [6, 6.07) is 0.472. The van der Waals surface area contributed by atoms with Gasteiger partial charge in [-0.15, -0.1) is 11.6 Å². The molecule has 0 radical (unpaired) electrons. The van der Waals surface area contributed by atoms with Gasteiger partial charge in [-0.25, -0.2) is 4.98 Å². The van der Waals surface area contributed by atoms with Crippen molar-refractivity contribution in [2.75, 3.05) is 17.3 Å². The molecule has 1 aliphatic rings. The van der Waals surface area contributed by atoms with Gasteiger partial charge in [-0.1, -0.05) is 0 Å². The molecule has 3 nitrogen and oxygen atoms in total. The molecule has 1 aromatic rings. The molecule has 1 atom stereocenters. The third kappa shape index (κ3) is 1.41. The second-order valence-electron chi connectivity index (χ2n) is 2.87. The molecule has 0 aliphatic carbocycles. The Morgan fingerprint density at radius 2 is 2.67 bits per heavy atom. The third-order valence-corrected chi connectivity index (χ3v) is 3.21. The van der Waals surface area contributed by atoms with Crippen LogP contribution in [0.15, 0.2) is 6.33 Å². The molecule has 0 saturated carbocycles. The van der Waals surface area contributed by atoms with Crippen molar-refractivity contribution in [1.29, 1.82) is 0 Å². The Morgan fingerprint density at radius 3 is 3.33 bits per heavy atom. The molecule has 0 spiro atoms. The van der Waals surface area contributed by atoms with Gasteiger partial charge < -0.3 is 4.90 Å². The molecule has 0 aromatic carbocycles. The lowest BCUT2D eigenvalue weighted by molar-refractivity contribution is 0.739. The fourth-order valence-electron chi connectivity index (χ4n) is 1.54. The fourth-order valence-corrected chi connectivity index (χ4v) is 2.49. The Balaban J connectivity index is 2.13. The van der Waals surface area contributed by atoms with E-state index in [1.807, 2.05) is 0 Å². The fraction of sp³-hybridized carbons (Fsp3) is 0.714. The molecule has 12 heavy (non-hydrogen) atoms. The second kappa shape index (κ2) is 3.58. The minimum Gasteiger partial charge on any atom is -0.343 e. The quantitative estimate of drug-likeness (QED) is 0.686. The zero-order chi connectivity index (χ0) is 8.39. The van der Waals surface area contributed by atoms with Crippen LogP contribution in [0.2, 0.25) is 0 Å². The molecule has 2 heterocycles. The van der Waals surface area contributed by atoms with Crippen molar-refractivity contribution in [3.63, 3.8) is 0 Å². The van der Waals surface area contributed by atoms with Gasteiger partial charge in [0, 0.05) is 30.0 Å². The van der Waals surface area contributed by atoms with E-state index in [9.17, 15) is 0 Å². The number of anilines is 1. The molecule has 0 amide bonds. The number of hydrogen-bond acceptors (Lipinski definition) is 4. The number of aromatic nitrogens is 2. The van der Waals surface area contributed by atoms with E-state index in [4.69, 9.17) is 11.6 Å². The van der Waals surface area contributed by atoms with E-state index in [0.717, 1.165) is 11.7 Å². The summed E-state index contributed by atoms with van der Waals surface area (Å²) in [5.41, 5.74) is 0. The molecule has 1 unspecified atom stereocenters. The van der Waals surface area contributed by atoms with Crippen molar-refractivity contribution in [3.05, 3.63) is 6.33 Å². The van der Waals surface area contributed by atoms with Crippen LogP contribution in [0, 0.1) is 0 Å². The summed E-state index contributed by atoms with van der Waals surface area (Å²) in [6.45, 7) is 1.08. The Labute approximate surface area is 80.5 Å². The van der Waals surface area contributed by atoms with Crippen molar-refractivity contribution in [3.8, 4) is 0 Å². The molecular weight excluding hydrogens is 194 g/mol. The van der Waals surface area contributed by atoms with Gasteiger partial charge in [0.1, 0.15) is 6.33 Å². The van der Waals surface area contributed by atoms with Crippen molar-refractivity contribution in [1.82, 2.24) is 9.36 Å². The highest BCUT2D eigenvalue weighted by atomic mass is 35.5. The highest BCUT2D eigenvalue weighted by Crippen LogP contribution is 2.26. The number of nitrogens with zero attached hydrogens (tertiary/aromatic N) is 3. The predicted molar refractivity (Wildman–Crippen MR) is 51.0 cm³/mol. The van der Waals surface area contributed by atoms with Crippen LogP contribution in [0.25, 0.3) is 0 Å². The Kier molecular flexibility index (Phi) is 2.46. The zero-order valence-electron chi connectivity index (χ0n) is 6.61. The predicted octanol–water partition coefficient (Wildman–Crippen LogP) is 1.75. The number of alkyl halides is 1. The van der Waals surface area contributed by atoms with Crippen LogP contribution in [-0.2, 0) is 0 Å². The lowest BCUT2D eigenvalue weighted by atomic mass is 10.2. The summed E-state index contributed by atoms with van der Waals surface area (Å²) < 4.78 is 3.98. The Hall–Kier alpha value is -0.350. The van der Waals surface area contributed by atoms with Gasteiger partial charge >= 0.3 is 0 Å². The van der Waals surface area contributed by atoms with Gasteiger partial charge in [0.25, 0.3) is 0 Å². The normalized spacial score (nSPS) is 23.4. The molecule has 1 fully saturated rings. The van der Waals surface area contributed by atoms with E-state index in [1.54, 1.807) is 6.33 Å². The van der Waals surface area contributed by atoms with Crippen LogP contribution >= 0.6 is 23.1 Å². The number of rotatable bonds is 2. The summed E-state index contributed by atoms with van der Waals surface area (Å²) in [4.78, 5) is 6.43. The highest BCUT2D eigenvalue weighted by molar-refractivity contribution is 7.09. The average Bonchev–Trinajstić information content (AvgIpc) is 2.74. The zero-order valence-corrected chi connectivity index (χ0v) is 8.18. The first kappa shape index (κ1) is 8.26. The summed E-state index contributed by atoms with van der Waals surface area (Å²) in [5.74, 6) is 0.694. The second-order valence-corrected chi connectivity index (χ2v) is 3.93. The van der Waals surface area contributed by atoms with E-state index in [2.05, 4.69) is 14.3 Å². The minimum atomic E-state index is 0.472. The van der Waals surface area contributed by atoms with Gasteiger partial charge in [0.15, 0.2) is 0 Å². The summed E-state index contributed by atoms with van der Waals surface area (Å²) in [7, 11) is 0. The van der Waals surface area contributed by atoms with Gasteiger partial charge in [-0.05, 0) is 12.8 Å². The SMILES string of the molecule is ClCC1CCCN1c1ncns1. The minimum absolute atomic E-state index is 0.472. The summed E-state index contributed by atoms with van der Waals surface area (Å²) in [5, 5.41) is 1.01. The standard InChI is InChI=1S/C7H10ClN3S/c8-4-6-2-1-3-11(6)7-9-5-10-12-7/h5-6H,1-4H2. The van der Waals surface area contributed by atoms with Crippen LogP contribution in [0.5, 0.6) is 0 Å². The van der Waals surface area contributed by atoms with Gasteiger partial charge in [-0.2, -0.15) is 4.37 Å². The first-order valence-corrected chi connectivity index (χ1v) is 5.32. The summed E-state index contributed by atoms with van der Waals surface area (Å²) in [6.07, 6.45) is 4.00. The Bertz CT molecular complexity index is 239.